The highest BCUT2D eigenvalue weighted by molar-refractivity contribution is 7.13. The Bertz CT molecular complexity index is 679. The average molecular weight is 415 g/mol. The molecule has 4 nitrogen and oxygen atoms in total. The minimum atomic E-state index is 1.06. The van der Waals surface area contributed by atoms with Gasteiger partial charge < -0.3 is 9.80 Å². The standard InChI is InChI=1S/C24H38N4S/c1-3-14-27-17-19-28(20-18-27)24-25-23(21-29-24)13-16-26(2)15-9-5-8-12-22-10-6-4-7-11-22/h4,6-7,10-11,21H,3,5,8-9,12-20H2,1-2H3. The minimum absolute atomic E-state index is 1.06. The topological polar surface area (TPSA) is 22.6 Å². The number of aromatic nitrogens is 1. The Morgan fingerprint density at radius 1 is 0.966 bits per heavy atom. The molecule has 0 aliphatic carbocycles. The van der Waals surface area contributed by atoms with E-state index in [1.54, 1.807) is 0 Å². The number of benzene rings is 1. The molecule has 5 heteroatoms. The van der Waals surface area contributed by atoms with Gasteiger partial charge in [0.15, 0.2) is 5.13 Å². The molecule has 1 aromatic carbocycles. The number of hydrogen-bond acceptors (Lipinski definition) is 5. The van der Waals surface area contributed by atoms with Crippen LogP contribution in [0.25, 0.3) is 0 Å². The third kappa shape index (κ3) is 7.72. The lowest BCUT2D eigenvalue weighted by Crippen LogP contribution is -2.46. The van der Waals surface area contributed by atoms with Gasteiger partial charge in [-0.2, -0.15) is 0 Å². The van der Waals surface area contributed by atoms with E-state index in [0.29, 0.717) is 0 Å². The van der Waals surface area contributed by atoms with Crippen molar-refractivity contribution >= 4 is 16.5 Å². The smallest absolute Gasteiger partial charge is 0.185 e. The van der Waals surface area contributed by atoms with Crippen molar-refractivity contribution < 1.29 is 0 Å². The Labute approximate surface area is 181 Å². The number of thiazole rings is 1. The summed E-state index contributed by atoms with van der Waals surface area (Å²) in [6, 6.07) is 10.8. The molecule has 0 spiro atoms. The highest BCUT2D eigenvalue weighted by Gasteiger charge is 2.18. The third-order valence-electron chi connectivity index (χ3n) is 5.82. The fourth-order valence-electron chi connectivity index (χ4n) is 3.98. The Morgan fingerprint density at radius 2 is 1.76 bits per heavy atom. The van der Waals surface area contributed by atoms with Gasteiger partial charge in [-0.1, -0.05) is 43.7 Å². The van der Waals surface area contributed by atoms with Crippen molar-refractivity contribution in [2.45, 2.75) is 45.4 Å². The maximum Gasteiger partial charge on any atom is 0.185 e. The summed E-state index contributed by atoms with van der Waals surface area (Å²) >= 11 is 1.82. The summed E-state index contributed by atoms with van der Waals surface area (Å²) in [6.45, 7) is 10.4. The highest BCUT2D eigenvalue weighted by atomic mass is 32.1. The number of anilines is 1. The average Bonchev–Trinajstić information content (AvgIpc) is 3.23. The summed E-state index contributed by atoms with van der Waals surface area (Å²) in [6.07, 6.45) is 7.41. The second-order valence-corrected chi connectivity index (χ2v) is 9.14. The summed E-state index contributed by atoms with van der Waals surface area (Å²) in [5, 5.41) is 3.49. The number of unbranched alkanes of at least 4 members (excludes halogenated alkanes) is 2. The molecule has 160 valence electrons. The predicted octanol–water partition coefficient (Wildman–Crippen LogP) is 4.56. The molecule has 1 aliphatic rings. The molecule has 3 rings (SSSR count). The van der Waals surface area contributed by atoms with Crippen LogP contribution in [0.2, 0.25) is 0 Å². The molecule has 0 atom stereocenters. The van der Waals surface area contributed by atoms with Crippen LogP contribution in [0.5, 0.6) is 0 Å². The van der Waals surface area contributed by atoms with Crippen LogP contribution in [-0.2, 0) is 12.8 Å². The van der Waals surface area contributed by atoms with E-state index < -0.39 is 0 Å². The van der Waals surface area contributed by atoms with Gasteiger partial charge in [0.05, 0.1) is 5.69 Å². The molecule has 1 aliphatic heterocycles. The molecule has 2 aromatic rings. The summed E-state index contributed by atoms with van der Waals surface area (Å²) in [4.78, 5) is 12.4. The van der Waals surface area contributed by atoms with E-state index in [4.69, 9.17) is 4.98 Å². The maximum absolute atomic E-state index is 4.92. The molecule has 0 bridgehead atoms. The summed E-state index contributed by atoms with van der Waals surface area (Å²) in [7, 11) is 2.25. The van der Waals surface area contributed by atoms with Crippen LogP contribution in [0.1, 0.15) is 43.9 Å². The molecule has 2 heterocycles. The first kappa shape index (κ1) is 22.3. The molecular weight excluding hydrogens is 376 g/mol. The largest absolute Gasteiger partial charge is 0.346 e. The molecule has 0 N–H and O–H groups in total. The van der Waals surface area contributed by atoms with Crippen molar-refractivity contribution in [3.8, 4) is 0 Å². The molecule has 0 radical (unpaired) electrons. The summed E-state index contributed by atoms with van der Waals surface area (Å²) in [5.41, 5.74) is 2.73. The number of likely N-dealkylation sites (N-methyl/N-ethyl adjacent to an activating group) is 1. The van der Waals surface area contributed by atoms with Gasteiger partial charge in [-0.3, -0.25) is 4.90 Å². The zero-order valence-electron chi connectivity index (χ0n) is 18.4. The van der Waals surface area contributed by atoms with E-state index in [2.05, 4.69) is 64.4 Å². The van der Waals surface area contributed by atoms with E-state index in [9.17, 15) is 0 Å². The summed E-state index contributed by atoms with van der Waals surface area (Å²) in [5.74, 6) is 0. The minimum Gasteiger partial charge on any atom is -0.346 e. The van der Waals surface area contributed by atoms with Crippen LogP contribution in [0, 0.1) is 0 Å². The van der Waals surface area contributed by atoms with E-state index >= 15 is 0 Å². The first-order chi connectivity index (χ1) is 14.2. The first-order valence-corrected chi connectivity index (χ1v) is 12.3. The van der Waals surface area contributed by atoms with Gasteiger partial charge in [0.2, 0.25) is 0 Å². The normalized spacial score (nSPS) is 15.3. The molecule has 1 aromatic heterocycles. The Morgan fingerprint density at radius 3 is 2.52 bits per heavy atom. The van der Waals surface area contributed by atoms with Gasteiger partial charge in [0.1, 0.15) is 0 Å². The van der Waals surface area contributed by atoms with Gasteiger partial charge in [-0.15, -0.1) is 11.3 Å². The number of rotatable bonds is 12. The maximum atomic E-state index is 4.92. The highest BCUT2D eigenvalue weighted by Crippen LogP contribution is 2.22. The lowest BCUT2D eigenvalue weighted by atomic mass is 10.1. The quantitative estimate of drug-likeness (QED) is 0.475. The molecule has 1 saturated heterocycles. The van der Waals surface area contributed by atoms with Crippen molar-refractivity contribution in [1.82, 2.24) is 14.8 Å². The first-order valence-electron chi connectivity index (χ1n) is 11.4. The predicted molar refractivity (Wildman–Crippen MR) is 126 cm³/mol. The molecular formula is C24H38N4S. The molecule has 0 unspecified atom stereocenters. The van der Waals surface area contributed by atoms with Gasteiger partial charge in [0, 0.05) is 44.5 Å². The Kier molecular flexibility index (Phi) is 9.45. The Hall–Kier alpha value is -1.43. The van der Waals surface area contributed by atoms with Crippen LogP contribution in [-0.4, -0.2) is 67.6 Å². The third-order valence-corrected chi connectivity index (χ3v) is 6.77. The lowest BCUT2D eigenvalue weighted by molar-refractivity contribution is 0.258. The van der Waals surface area contributed by atoms with Crippen molar-refractivity contribution in [1.29, 1.82) is 0 Å². The second kappa shape index (κ2) is 12.3. The van der Waals surface area contributed by atoms with Crippen LogP contribution < -0.4 is 4.90 Å². The SMILES string of the molecule is CCCN1CCN(c2nc(CCN(C)CCCCCc3ccccc3)cs2)CC1. The molecule has 0 saturated carbocycles. The zero-order chi connectivity index (χ0) is 20.3. The van der Waals surface area contributed by atoms with Crippen molar-refractivity contribution in [3.63, 3.8) is 0 Å². The lowest BCUT2D eigenvalue weighted by Gasteiger charge is -2.34. The monoisotopic (exact) mass is 414 g/mol. The van der Waals surface area contributed by atoms with E-state index in [1.165, 1.54) is 74.7 Å². The van der Waals surface area contributed by atoms with Gasteiger partial charge in [-0.25, -0.2) is 4.98 Å². The van der Waals surface area contributed by atoms with Crippen molar-refractivity contribution in [3.05, 3.63) is 47.0 Å². The van der Waals surface area contributed by atoms with Crippen molar-refractivity contribution in [2.75, 3.05) is 57.8 Å². The molecule has 1 fully saturated rings. The molecule has 0 amide bonds. The summed E-state index contributed by atoms with van der Waals surface area (Å²) < 4.78 is 0. The van der Waals surface area contributed by atoms with Gasteiger partial charge in [-0.05, 0) is 51.4 Å². The number of piperazine rings is 1. The number of aryl methyl sites for hydroxylation is 1. The van der Waals surface area contributed by atoms with E-state index in [-0.39, 0.29) is 0 Å². The Balaban J connectivity index is 1.28. The van der Waals surface area contributed by atoms with Gasteiger partial charge in [0.25, 0.3) is 0 Å². The number of hydrogen-bond donors (Lipinski definition) is 0. The van der Waals surface area contributed by atoms with Crippen molar-refractivity contribution in [2.24, 2.45) is 0 Å². The zero-order valence-corrected chi connectivity index (χ0v) is 19.2. The van der Waals surface area contributed by atoms with Gasteiger partial charge >= 0.3 is 0 Å². The fraction of sp³-hybridized carbons (Fsp3) is 0.625. The second-order valence-electron chi connectivity index (χ2n) is 8.30. The van der Waals surface area contributed by atoms with Crippen LogP contribution in [0.15, 0.2) is 35.7 Å². The molecule has 29 heavy (non-hydrogen) atoms. The number of nitrogens with zero attached hydrogens (tertiary/aromatic N) is 4. The van der Waals surface area contributed by atoms with E-state index in [1.807, 2.05) is 11.3 Å². The van der Waals surface area contributed by atoms with Crippen LogP contribution in [0.4, 0.5) is 5.13 Å². The van der Waals surface area contributed by atoms with E-state index in [0.717, 1.165) is 26.1 Å². The van der Waals surface area contributed by atoms with Crippen LogP contribution in [0.3, 0.4) is 0 Å². The van der Waals surface area contributed by atoms with Crippen LogP contribution >= 0.6 is 11.3 Å². The fourth-order valence-corrected chi connectivity index (χ4v) is 4.90.